The first-order chi connectivity index (χ1) is 8.91. The highest BCUT2D eigenvalue weighted by atomic mass is 35.5. The van der Waals surface area contributed by atoms with Crippen molar-refractivity contribution in [1.29, 1.82) is 0 Å². The van der Waals surface area contributed by atoms with Crippen molar-refractivity contribution in [2.75, 3.05) is 6.54 Å². The summed E-state index contributed by atoms with van der Waals surface area (Å²) in [6.45, 7) is 4.53. The quantitative estimate of drug-likeness (QED) is 0.854. The number of aromatic nitrogens is 2. The van der Waals surface area contributed by atoms with Gasteiger partial charge in [-0.05, 0) is 19.3 Å². The zero-order valence-corrected chi connectivity index (χ0v) is 13.0. The van der Waals surface area contributed by atoms with Crippen LogP contribution < -0.4 is 0 Å². The number of thiazole rings is 1. The van der Waals surface area contributed by atoms with Crippen molar-refractivity contribution in [3.63, 3.8) is 0 Å². The van der Waals surface area contributed by atoms with Gasteiger partial charge in [0, 0.05) is 24.2 Å². The topological polar surface area (TPSA) is 54.7 Å². The van der Waals surface area contributed by atoms with Gasteiger partial charge in [-0.2, -0.15) is 4.31 Å². The van der Waals surface area contributed by atoms with E-state index < -0.39 is 10.0 Å². The smallest absolute Gasteiger partial charge is 0.262 e. The summed E-state index contributed by atoms with van der Waals surface area (Å²) in [5.74, 6) is 0.370. The molecule has 2 atom stereocenters. The third-order valence-electron chi connectivity index (χ3n) is 3.46. The monoisotopic (exact) mass is 319 g/mol. The normalized spacial score (nSPS) is 25.4. The van der Waals surface area contributed by atoms with E-state index in [-0.39, 0.29) is 16.2 Å². The minimum atomic E-state index is -3.60. The zero-order valence-electron chi connectivity index (χ0n) is 10.6. The molecule has 8 heteroatoms. The molecule has 0 spiro atoms. The van der Waals surface area contributed by atoms with Crippen LogP contribution in [0.1, 0.15) is 20.3 Å². The summed E-state index contributed by atoms with van der Waals surface area (Å²) in [6.07, 6.45) is 2.57. The SMILES string of the molecule is CC1CC(C)N(S(=O)(=O)c2c(Cl)nc3sccn23)C1. The summed E-state index contributed by atoms with van der Waals surface area (Å²) in [5.41, 5.74) is 0. The number of rotatable bonds is 2. The van der Waals surface area contributed by atoms with Crippen LogP contribution in [-0.2, 0) is 10.0 Å². The summed E-state index contributed by atoms with van der Waals surface area (Å²) in [7, 11) is -3.60. The van der Waals surface area contributed by atoms with Crippen LogP contribution in [0.4, 0.5) is 0 Å². The molecule has 1 saturated heterocycles. The van der Waals surface area contributed by atoms with E-state index in [9.17, 15) is 8.42 Å². The van der Waals surface area contributed by atoms with E-state index in [0.717, 1.165) is 6.42 Å². The van der Waals surface area contributed by atoms with Gasteiger partial charge in [0.1, 0.15) is 0 Å². The maximum Gasteiger partial charge on any atom is 0.262 e. The van der Waals surface area contributed by atoms with Crippen molar-refractivity contribution in [3.05, 3.63) is 16.7 Å². The molecular weight excluding hydrogens is 306 g/mol. The Labute approximate surface area is 120 Å². The van der Waals surface area contributed by atoms with E-state index in [1.165, 1.54) is 15.6 Å². The summed E-state index contributed by atoms with van der Waals surface area (Å²) >= 11 is 7.39. The van der Waals surface area contributed by atoms with Gasteiger partial charge in [0.25, 0.3) is 10.0 Å². The van der Waals surface area contributed by atoms with Crippen molar-refractivity contribution in [1.82, 2.24) is 13.7 Å². The van der Waals surface area contributed by atoms with E-state index in [4.69, 9.17) is 11.6 Å². The van der Waals surface area contributed by atoms with E-state index in [1.54, 1.807) is 16.0 Å². The molecule has 0 N–H and O–H groups in total. The van der Waals surface area contributed by atoms with Gasteiger partial charge in [-0.15, -0.1) is 11.3 Å². The van der Waals surface area contributed by atoms with Crippen molar-refractivity contribution < 1.29 is 8.42 Å². The molecule has 0 amide bonds. The first-order valence-electron chi connectivity index (χ1n) is 6.04. The minimum absolute atomic E-state index is 0.000234. The Morgan fingerprint density at radius 3 is 2.84 bits per heavy atom. The van der Waals surface area contributed by atoms with Crippen LogP contribution in [0.15, 0.2) is 16.6 Å². The molecule has 1 fully saturated rings. The molecule has 5 nitrogen and oxygen atoms in total. The summed E-state index contributed by atoms with van der Waals surface area (Å²) in [5, 5.41) is 1.94. The van der Waals surface area contributed by atoms with Gasteiger partial charge in [-0.25, -0.2) is 13.4 Å². The second-order valence-corrected chi connectivity index (χ2v) is 8.06. The maximum absolute atomic E-state index is 12.8. The first kappa shape index (κ1) is 13.4. The number of halogens is 1. The predicted octanol–water partition coefficient (Wildman–Crippen LogP) is 2.47. The van der Waals surface area contributed by atoms with Gasteiger partial charge in [-0.1, -0.05) is 18.5 Å². The number of nitrogens with zero attached hydrogens (tertiary/aromatic N) is 3. The third-order valence-corrected chi connectivity index (χ3v) is 6.60. The lowest BCUT2D eigenvalue weighted by molar-refractivity contribution is 0.403. The molecule has 2 aromatic heterocycles. The average molecular weight is 320 g/mol. The largest absolute Gasteiger partial charge is 0.279 e. The second kappa shape index (κ2) is 4.44. The van der Waals surface area contributed by atoms with Gasteiger partial charge in [0.05, 0.1) is 0 Å². The number of hydrogen-bond donors (Lipinski definition) is 0. The van der Waals surface area contributed by atoms with Crippen LogP contribution in [-0.4, -0.2) is 34.7 Å². The molecule has 2 unspecified atom stereocenters. The minimum Gasteiger partial charge on any atom is -0.279 e. The van der Waals surface area contributed by atoms with Crippen molar-refractivity contribution in [2.24, 2.45) is 5.92 Å². The van der Waals surface area contributed by atoms with Gasteiger partial charge in [0.2, 0.25) is 0 Å². The van der Waals surface area contributed by atoms with Crippen LogP contribution >= 0.6 is 22.9 Å². The Hall–Kier alpha value is -0.630. The Morgan fingerprint density at radius 1 is 1.47 bits per heavy atom. The van der Waals surface area contributed by atoms with Crippen LogP contribution in [0.25, 0.3) is 4.96 Å². The highest BCUT2D eigenvalue weighted by Gasteiger charge is 2.39. The Morgan fingerprint density at radius 2 is 2.21 bits per heavy atom. The van der Waals surface area contributed by atoms with E-state index in [0.29, 0.717) is 17.4 Å². The predicted molar refractivity (Wildman–Crippen MR) is 75.2 cm³/mol. The Balaban J connectivity index is 2.14. The second-order valence-electron chi connectivity index (χ2n) is 5.03. The van der Waals surface area contributed by atoms with Gasteiger partial charge < -0.3 is 0 Å². The van der Waals surface area contributed by atoms with Crippen LogP contribution in [0.5, 0.6) is 0 Å². The third kappa shape index (κ3) is 1.99. The molecule has 0 bridgehead atoms. The van der Waals surface area contributed by atoms with Crippen LogP contribution in [0.3, 0.4) is 0 Å². The summed E-state index contributed by atoms with van der Waals surface area (Å²) < 4.78 is 28.6. The fourth-order valence-electron chi connectivity index (χ4n) is 2.68. The fourth-order valence-corrected chi connectivity index (χ4v) is 5.85. The summed E-state index contributed by atoms with van der Waals surface area (Å²) in [6, 6.07) is 0.000234. The molecule has 3 rings (SSSR count). The highest BCUT2D eigenvalue weighted by Crippen LogP contribution is 2.33. The highest BCUT2D eigenvalue weighted by molar-refractivity contribution is 7.89. The molecule has 104 valence electrons. The molecule has 0 saturated carbocycles. The van der Waals surface area contributed by atoms with Crippen molar-refractivity contribution in [3.8, 4) is 0 Å². The summed E-state index contributed by atoms with van der Waals surface area (Å²) in [4.78, 5) is 4.70. The molecule has 19 heavy (non-hydrogen) atoms. The molecule has 1 aliphatic rings. The van der Waals surface area contributed by atoms with Gasteiger partial charge >= 0.3 is 0 Å². The van der Waals surface area contributed by atoms with E-state index in [1.807, 2.05) is 6.92 Å². The lowest BCUT2D eigenvalue weighted by Crippen LogP contribution is -2.34. The Bertz CT molecular complexity index is 721. The number of fused-ring (bicyclic) bond motifs is 1. The number of sulfonamides is 1. The molecule has 0 radical (unpaired) electrons. The standard InChI is InChI=1S/C11H14ClN3O2S2/c1-7-5-8(2)15(6-7)19(16,17)10-9(12)13-11-14(10)3-4-18-11/h3-4,7-8H,5-6H2,1-2H3. The van der Waals surface area contributed by atoms with Crippen LogP contribution in [0, 0.1) is 5.92 Å². The first-order valence-corrected chi connectivity index (χ1v) is 8.74. The van der Waals surface area contributed by atoms with Crippen molar-refractivity contribution >= 4 is 37.9 Å². The molecule has 3 heterocycles. The molecule has 1 aliphatic heterocycles. The van der Waals surface area contributed by atoms with Crippen molar-refractivity contribution in [2.45, 2.75) is 31.3 Å². The van der Waals surface area contributed by atoms with Gasteiger partial charge in [0.15, 0.2) is 15.1 Å². The average Bonchev–Trinajstić information content (AvgIpc) is 2.92. The number of hydrogen-bond acceptors (Lipinski definition) is 4. The lowest BCUT2D eigenvalue weighted by Gasteiger charge is -2.20. The van der Waals surface area contributed by atoms with E-state index >= 15 is 0 Å². The fraction of sp³-hybridized carbons (Fsp3) is 0.545. The molecule has 2 aromatic rings. The molecule has 0 aliphatic carbocycles. The Kier molecular flexibility index (Phi) is 3.12. The van der Waals surface area contributed by atoms with Gasteiger partial charge in [-0.3, -0.25) is 4.40 Å². The maximum atomic E-state index is 12.8. The zero-order chi connectivity index (χ0) is 13.8. The molecule has 0 aromatic carbocycles. The molecular formula is C11H14ClN3O2S2. The number of imidazole rings is 1. The van der Waals surface area contributed by atoms with Crippen LogP contribution in [0.2, 0.25) is 5.15 Å². The lowest BCUT2D eigenvalue weighted by atomic mass is 10.1. The van der Waals surface area contributed by atoms with E-state index in [2.05, 4.69) is 11.9 Å².